The number of rotatable bonds is 8. The van der Waals surface area contributed by atoms with E-state index in [1.165, 1.54) is 18.1 Å². The van der Waals surface area contributed by atoms with Crippen molar-refractivity contribution in [3.63, 3.8) is 0 Å². The minimum absolute atomic E-state index is 0.112. The molecule has 0 radical (unpaired) electrons. The van der Waals surface area contributed by atoms with Gasteiger partial charge in [-0.1, -0.05) is 0 Å². The monoisotopic (exact) mass is 484 g/mol. The summed E-state index contributed by atoms with van der Waals surface area (Å²) in [5, 5.41) is 13.3. The Morgan fingerprint density at radius 1 is 1.36 bits per heavy atom. The molecule has 0 aromatic heterocycles. The molecule has 182 valence electrons. The van der Waals surface area contributed by atoms with Gasteiger partial charge < -0.3 is 29.5 Å². The summed E-state index contributed by atoms with van der Waals surface area (Å²) in [6, 6.07) is 4.63. The van der Waals surface area contributed by atoms with Crippen molar-refractivity contribution in [1.82, 2.24) is 10.2 Å². The first-order valence-corrected chi connectivity index (χ1v) is 11.1. The lowest BCUT2D eigenvalue weighted by molar-refractivity contribution is -0.146. The maximum Gasteiger partial charge on any atom is 0.414 e. The van der Waals surface area contributed by atoms with Gasteiger partial charge in [-0.05, 0) is 37.3 Å². The van der Waals surface area contributed by atoms with Crippen molar-refractivity contribution in [2.45, 2.75) is 25.7 Å². The topological polar surface area (TPSA) is 104 Å². The molecule has 2 N–H and O–H groups in total. The lowest BCUT2D eigenvalue weighted by atomic mass is 10.2. The van der Waals surface area contributed by atoms with Crippen molar-refractivity contribution in [1.29, 1.82) is 0 Å². The number of nitrogens with one attached hydrogen (secondary N) is 1. The Bertz CT molecular complexity index is 867. The summed E-state index contributed by atoms with van der Waals surface area (Å²) in [7, 11) is 1.27. The Morgan fingerprint density at radius 3 is 2.73 bits per heavy atom. The van der Waals surface area contributed by atoms with Crippen molar-refractivity contribution in [3.8, 4) is 0 Å². The van der Waals surface area contributed by atoms with E-state index in [4.69, 9.17) is 21.7 Å². The van der Waals surface area contributed by atoms with E-state index in [-0.39, 0.29) is 18.1 Å². The van der Waals surface area contributed by atoms with Crippen LogP contribution in [-0.4, -0.2) is 92.6 Å². The van der Waals surface area contributed by atoms with E-state index < -0.39 is 30.2 Å². The van der Waals surface area contributed by atoms with E-state index in [0.29, 0.717) is 50.7 Å². The normalized spacial score (nSPS) is 19.8. The van der Waals surface area contributed by atoms with Gasteiger partial charge in [0.15, 0.2) is 0 Å². The van der Waals surface area contributed by atoms with Gasteiger partial charge >= 0.3 is 12.1 Å². The van der Waals surface area contributed by atoms with Gasteiger partial charge in [-0.25, -0.2) is 9.18 Å². The third-order valence-electron chi connectivity index (χ3n) is 5.52. The predicted octanol–water partition coefficient (Wildman–Crippen LogP) is 1.07. The molecule has 0 spiro atoms. The molecule has 2 heterocycles. The zero-order chi connectivity index (χ0) is 24.0. The maximum atomic E-state index is 14.9. The van der Waals surface area contributed by atoms with Crippen LogP contribution in [0.2, 0.25) is 0 Å². The zero-order valence-electron chi connectivity index (χ0n) is 18.7. The molecule has 33 heavy (non-hydrogen) atoms. The van der Waals surface area contributed by atoms with Gasteiger partial charge in [0.2, 0.25) is 0 Å². The first-order chi connectivity index (χ1) is 15.8. The number of aliphatic hydroxyl groups excluding tert-OH is 1. The molecule has 1 aromatic carbocycles. The second kappa shape index (κ2) is 11.4. The van der Waals surface area contributed by atoms with Crippen LogP contribution in [0.15, 0.2) is 18.2 Å². The molecular weight excluding hydrogens is 455 g/mol. The molecule has 2 unspecified atom stereocenters. The van der Waals surface area contributed by atoms with Crippen LogP contribution in [0.3, 0.4) is 0 Å². The number of thiocarbonyl (C=S) groups is 1. The van der Waals surface area contributed by atoms with Crippen LogP contribution in [0.4, 0.5) is 20.6 Å². The van der Waals surface area contributed by atoms with Gasteiger partial charge in [0, 0.05) is 26.2 Å². The summed E-state index contributed by atoms with van der Waals surface area (Å²) in [5.41, 5.74) is 0.817. The van der Waals surface area contributed by atoms with Gasteiger partial charge in [-0.3, -0.25) is 14.6 Å². The van der Waals surface area contributed by atoms with Crippen molar-refractivity contribution >= 4 is 40.8 Å². The lowest BCUT2D eigenvalue weighted by Crippen LogP contribution is -2.51. The molecule has 2 aliphatic heterocycles. The lowest BCUT2D eigenvalue weighted by Gasteiger charge is -2.38. The summed E-state index contributed by atoms with van der Waals surface area (Å²) in [6.45, 7) is 4.71. The molecule has 2 atom stereocenters. The number of anilines is 2. The summed E-state index contributed by atoms with van der Waals surface area (Å²) in [6.07, 6.45) is -2.04. The fraction of sp³-hybridized carbons (Fsp3) is 0.571. The second-order valence-electron chi connectivity index (χ2n) is 7.64. The van der Waals surface area contributed by atoms with Gasteiger partial charge in [0.05, 0.1) is 44.6 Å². The number of nitrogens with zero attached hydrogens (tertiary/aromatic N) is 3. The van der Waals surface area contributed by atoms with Crippen LogP contribution in [0.25, 0.3) is 0 Å². The molecule has 12 heteroatoms. The Balaban J connectivity index is 1.55. The van der Waals surface area contributed by atoms with Crippen molar-refractivity contribution in [2.75, 3.05) is 62.8 Å². The van der Waals surface area contributed by atoms with E-state index in [1.807, 2.05) is 11.8 Å². The van der Waals surface area contributed by atoms with E-state index >= 15 is 0 Å². The quantitative estimate of drug-likeness (QED) is 0.411. The van der Waals surface area contributed by atoms with Gasteiger partial charge in [0.25, 0.3) is 5.17 Å². The van der Waals surface area contributed by atoms with Crippen LogP contribution < -0.4 is 15.1 Å². The summed E-state index contributed by atoms with van der Waals surface area (Å²) in [5.74, 6) is -0.940. The van der Waals surface area contributed by atoms with Gasteiger partial charge in [-0.15, -0.1) is 0 Å². The molecular formula is C21H29FN4O6S. The smallest absolute Gasteiger partial charge is 0.414 e. The zero-order valence-corrected chi connectivity index (χ0v) is 19.5. The number of halogens is 1. The SMILES string of the molecule is CCOC(=S)NCC1CN(c2ccc(N3CCN(C(O)CC(=O)OC)CC3)c(F)c2)C(=O)O1. The highest BCUT2D eigenvalue weighted by Crippen LogP contribution is 2.28. The molecule has 2 saturated heterocycles. The number of amides is 1. The number of aliphatic hydroxyl groups is 1. The van der Waals surface area contributed by atoms with Crippen LogP contribution in [0.1, 0.15) is 13.3 Å². The largest absolute Gasteiger partial charge is 0.471 e. The van der Waals surface area contributed by atoms with Crippen LogP contribution >= 0.6 is 12.2 Å². The fourth-order valence-electron chi connectivity index (χ4n) is 3.76. The standard InChI is InChI=1S/C21H29FN4O6S/c1-3-31-20(33)23-12-15-13-26(21(29)32-15)14-4-5-17(16(22)10-14)24-6-8-25(9-7-24)18(27)11-19(28)30-2/h4-5,10,15,18,27H,3,6-9,11-13H2,1-2H3,(H,23,33). The highest BCUT2D eigenvalue weighted by molar-refractivity contribution is 7.80. The average Bonchev–Trinajstić information content (AvgIpc) is 3.18. The van der Waals surface area contributed by atoms with E-state index in [9.17, 15) is 19.1 Å². The highest BCUT2D eigenvalue weighted by Gasteiger charge is 2.33. The Morgan fingerprint density at radius 2 is 2.09 bits per heavy atom. The number of cyclic esters (lactones) is 1. The highest BCUT2D eigenvalue weighted by atomic mass is 32.1. The molecule has 1 aromatic rings. The first kappa shape index (κ1) is 24.9. The second-order valence-corrected chi connectivity index (χ2v) is 8.01. The first-order valence-electron chi connectivity index (χ1n) is 10.7. The number of methoxy groups -OCH3 is 1. The minimum atomic E-state index is -0.932. The van der Waals surface area contributed by atoms with E-state index in [0.717, 1.165) is 0 Å². The van der Waals surface area contributed by atoms with Crippen molar-refractivity contribution in [2.24, 2.45) is 0 Å². The van der Waals surface area contributed by atoms with Crippen LogP contribution in [0.5, 0.6) is 0 Å². The van der Waals surface area contributed by atoms with Crippen LogP contribution in [0, 0.1) is 5.82 Å². The molecule has 2 aliphatic rings. The molecule has 3 rings (SSSR count). The molecule has 10 nitrogen and oxygen atoms in total. The number of hydrogen-bond acceptors (Lipinski definition) is 9. The third kappa shape index (κ3) is 6.42. The van der Waals surface area contributed by atoms with Crippen LogP contribution in [-0.2, 0) is 19.0 Å². The number of hydrogen-bond donors (Lipinski definition) is 2. The Labute approximate surface area is 197 Å². The number of ether oxygens (including phenoxy) is 3. The summed E-state index contributed by atoms with van der Waals surface area (Å²) in [4.78, 5) is 28.6. The molecule has 0 saturated carbocycles. The minimum Gasteiger partial charge on any atom is -0.471 e. The molecule has 1 amide bonds. The van der Waals surface area contributed by atoms with Crippen molar-refractivity contribution in [3.05, 3.63) is 24.0 Å². The maximum absolute atomic E-state index is 14.9. The Hall–Kier alpha value is -2.70. The summed E-state index contributed by atoms with van der Waals surface area (Å²) >= 11 is 5.00. The van der Waals surface area contributed by atoms with Gasteiger partial charge in [0.1, 0.15) is 18.1 Å². The fourth-order valence-corrected chi connectivity index (χ4v) is 3.96. The average molecular weight is 485 g/mol. The Kier molecular flexibility index (Phi) is 8.64. The molecule has 0 bridgehead atoms. The number of benzene rings is 1. The predicted molar refractivity (Wildman–Crippen MR) is 123 cm³/mol. The molecule has 2 fully saturated rings. The number of piperazine rings is 1. The number of esters is 1. The number of carbonyl (C=O) groups excluding carboxylic acids is 2. The third-order valence-corrected chi connectivity index (χ3v) is 5.78. The van der Waals surface area contributed by atoms with E-state index in [1.54, 1.807) is 17.0 Å². The summed E-state index contributed by atoms with van der Waals surface area (Å²) < 4.78 is 30.0. The van der Waals surface area contributed by atoms with Crippen molar-refractivity contribution < 1.29 is 33.3 Å². The number of carbonyl (C=O) groups is 2. The molecule has 0 aliphatic carbocycles. The van der Waals surface area contributed by atoms with Gasteiger partial charge in [-0.2, -0.15) is 0 Å². The van der Waals surface area contributed by atoms with E-state index in [2.05, 4.69) is 10.1 Å².